The molecule has 0 aromatic carbocycles. The minimum atomic E-state index is -1.12. The first-order chi connectivity index (χ1) is 10.5. The van der Waals surface area contributed by atoms with E-state index in [0.717, 1.165) is 0 Å². The van der Waals surface area contributed by atoms with Crippen molar-refractivity contribution in [3.05, 3.63) is 47.3 Å². The van der Waals surface area contributed by atoms with Gasteiger partial charge >= 0.3 is 11.9 Å². The molecule has 0 aliphatic rings. The van der Waals surface area contributed by atoms with Crippen LogP contribution in [0.5, 0.6) is 0 Å². The fourth-order valence-corrected chi connectivity index (χ4v) is 1.32. The van der Waals surface area contributed by atoms with Crippen molar-refractivity contribution in [1.29, 1.82) is 0 Å². The molecule has 0 unspecified atom stereocenters. The second-order valence-electron chi connectivity index (χ2n) is 3.85. The number of ketones is 1. The normalized spacial score (nSPS) is 10.0. The van der Waals surface area contributed by atoms with Crippen LogP contribution < -0.4 is 0 Å². The number of furan rings is 2. The zero-order chi connectivity index (χ0) is 16.1. The third-order valence-corrected chi connectivity index (χ3v) is 2.32. The Morgan fingerprint density at radius 2 is 1.45 bits per heavy atom. The summed E-state index contributed by atoms with van der Waals surface area (Å²) < 4.78 is 9.61. The van der Waals surface area contributed by atoms with Crippen LogP contribution in [0.1, 0.15) is 49.1 Å². The molecule has 0 saturated heterocycles. The molecule has 22 heavy (non-hydrogen) atoms. The molecule has 0 atom stereocenters. The van der Waals surface area contributed by atoms with Crippen LogP contribution in [0, 0.1) is 0 Å². The van der Waals surface area contributed by atoms with E-state index in [-0.39, 0.29) is 28.8 Å². The minimum absolute atomic E-state index is 0.0408. The topological polar surface area (TPSA) is 122 Å². The number of hydrogen-bond donors (Lipinski definition) is 0. The second kappa shape index (κ2) is 6.50. The summed E-state index contributed by atoms with van der Waals surface area (Å²) in [7, 11) is 0. The Labute approximate surface area is 122 Å². The largest absolute Gasteiger partial charge is 0.446 e. The van der Waals surface area contributed by atoms with Crippen LogP contribution in [-0.4, -0.2) is 24.0 Å². The van der Waals surface area contributed by atoms with Crippen molar-refractivity contribution in [2.45, 2.75) is 6.92 Å². The molecule has 0 radical (unpaired) electrons. The Morgan fingerprint density at radius 1 is 0.909 bits per heavy atom. The highest BCUT2D eigenvalue weighted by Gasteiger charge is 2.19. The van der Waals surface area contributed by atoms with Crippen LogP contribution in [0.15, 0.2) is 33.1 Å². The lowest BCUT2D eigenvalue weighted by atomic mass is 10.3. The van der Waals surface area contributed by atoms with E-state index >= 15 is 0 Å². The molecule has 9 heteroatoms. The predicted octanol–water partition coefficient (Wildman–Crippen LogP) is 1.75. The van der Waals surface area contributed by atoms with Crippen LogP contribution in [0.4, 0.5) is 0 Å². The predicted molar refractivity (Wildman–Crippen MR) is 64.7 cm³/mol. The van der Waals surface area contributed by atoms with Crippen molar-refractivity contribution in [2.75, 3.05) is 0 Å². The highest BCUT2D eigenvalue weighted by molar-refractivity contribution is 5.93. The summed E-state index contributed by atoms with van der Waals surface area (Å²) in [5.74, 6) is -3.39. The smallest absolute Gasteiger partial charge is 0.412 e. The zero-order valence-corrected chi connectivity index (χ0v) is 11.1. The Bertz CT molecular complexity index is 721. The van der Waals surface area contributed by atoms with E-state index in [4.69, 9.17) is 8.83 Å². The van der Waals surface area contributed by atoms with Gasteiger partial charge in [-0.05, 0) is 24.3 Å². The summed E-state index contributed by atoms with van der Waals surface area (Å²) in [6.07, 6.45) is 0.390. The first kappa shape index (κ1) is 15.2. The Balaban J connectivity index is 1.84. The lowest BCUT2D eigenvalue weighted by molar-refractivity contribution is -0.447. The Hall–Kier alpha value is -3.20. The molecule has 0 N–H and O–H groups in total. The van der Waals surface area contributed by atoms with E-state index < -0.39 is 11.9 Å². The van der Waals surface area contributed by atoms with E-state index in [9.17, 15) is 19.2 Å². The van der Waals surface area contributed by atoms with Crippen LogP contribution >= 0.6 is 0 Å². The molecule has 0 amide bonds. The summed E-state index contributed by atoms with van der Waals surface area (Å²) in [6, 6.07) is 4.87. The third-order valence-electron chi connectivity index (χ3n) is 2.32. The fourth-order valence-electron chi connectivity index (χ4n) is 1.32. The first-order valence-corrected chi connectivity index (χ1v) is 5.77. The molecule has 0 spiro atoms. The van der Waals surface area contributed by atoms with E-state index in [2.05, 4.69) is 14.8 Å². The van der Waals surface area contributed by atoms with E-state index in [0.29, 0.717) is 6.29 Å². The van der Waals surface area contributed by atoms with Crippen molar-refractivity contribution in [3.8, 4) is 0 Å². The lowest BCUT2D eigenvalue weighted by Gasteiger charge is -1.99. The van der Waals surface area contributed by atoms with E-state index in [1.54, 1.807) is 0 Å². The molecule has 2 heterocycles. The van der Waals surface area contributed by atoms with E-state index in [1.165, 1.54) is 31.2 Å². The Kier molecular flexibility index (Phi) is 4.49. The van der Waals surface area contributed by atoms with Crippen LogP contribution in [0.2, 0.25) is 0 Å². The maximum Gasteiger partial charge on any atom is 0.412 e. The molecule has 0 fully saturated rings. The molecular formula is C13H8O9. The molecule has 0 aliphatic heterocycles. The van der Waals surface area contributed by atoms with Crippen molar-refractivity contribution >= 4 is 24.0 Å². The average Bonchev–Trinajstić information content (AvgIpc) is 3.16. The summed E-state index contributed by atoms with van der Waals surface area (Å²) in [6.45, 7) is 1.25. The Morgan fingerprint density at radius 3 is 1.95 bits per heavy atom. The second-order valence-corrected chi connectivity index (χ2v) is 3.85. The maximum absolute atomic E-state index is 11.4. The van der Waals surface area contributed by atoms with Gasteiger partial charge in [0.25, 0.3) is 0 Å². The quantitative estimate of drug-likeness (QED) is 0.340. The van der Waals surface area contributed by atoms with Crippen molar-refractivity contribution < 1.29 is 42.8 Å². The van der Waals surface area contributed by atoms with Crippen LogP contribution in [0.3, 0.4) is 0 Å². The summed E-state index contributed by atoms with van der Waals surface area (Å²) in [4.78, 5) is 52.4. The number of carbonyl (C=O) groups excluding carboxylic acids is 4. The van der Waals surface area contributed by atoms with Crippen LogP contribution in [0.25, 0.3) is 0 Å². The summed E-state index contributed by atoms with van der Waals surface area (Å²) in [5.41, 5.74) is 0. The summed E-state index contributed by atoms with van der Waals surface area (Å²) >= 11 is 0. The van der Waals surface area contributed by atoms with Gasteiger partial charge in [0.05, 0.1) is 0 Å². The molecule has 2 aromatic heterocycles. The van der Waals surface area contributed by atoms with E-state index in [1.807, 2.05) is 0 Å². The number of hydrogen-bond acceptors (Lipinski definition) is 9. The molecule has 114 valence electrons. The molecular weight excluding hydrogens is 300 g/mol. The number of rotatable bonds is 6. The van der Waals surface area contributed by atoms with Crippen molar-refractivity contribution in [2.24, 2.45) is 0 Å². The van der Waals surface area contributed by atoms with Gasteiger partial charge in [-0.15, -0.1) is 0 Å². The van der Waals surface area contributed by atoms with Gasteiger partial charge in [-0.2, -0.15) is 0 Å². The SMILES string of the molecule is CC(=O)c1ccc(C(=O)OOOC(=O)c2ccc(C=O)o2)o1. The number of Topliss-reactive ketones (excluding diaryl/α,β-unsaturated/α-hetero) is 1. The molecule has 0 saturated carbocycles. The average molecular weight is 308 g/mol. The fraction of sp³-hybridized carbons (Fsp3) is 0.0769. The number of aldehydes is 1. The van der Waals surface area contributed by atoms with Gasteiger partial charge in [-0.3, -0.25) is 19.4 Å². The van der Waals surface area contributed by atoms with Crippen LogP contribution in [-0.2, 0) is 14.8 Å². The maximum atomic E-state index is 11.4. The zero-order valence-electron chi connectivity index (χ0n) is 11.1. The van der Waals surface area contributed by atoms with Gasteiger partial charge in [0.15, 0.2) is 23.6 Å². The van der Waals surface area contributed by atoms with Gasteiger partial charge < -0.3 is 8.83 Å². The van der Waals surface area contributed by atoms with Gasteiger partial charge in [0, 0.05) is 12.0 Å². The standard InChI is InChI=1S/C13H8O9/c1-7(15)9-4-5-11(19-9)13(17)21-22-20-12(16)10-3-2-8(6-14)18-10/h2-6H,1H3. The minimum Gasteiger partial charge on any atom is -0.446 e. The molecule has 2 aromatic rings. The molecule has 0 aliphatic carbocycles. The van der Waals surface area contributed by atoms with Gasteiger partial charge in [0.2, 0.25) is 11.5 Å². The van der Waals surface area contributed by atoms with Gasteiger partial charge in [-0.25, -0.2) is 9.59 Å². The lowest BCUT2D eigenvalue weighted by Crippen LogP contribution is -2.10. The highest BCUT2D eigenvalue weighted by atomic mass is 17.5. The van der Waals surface area contributed by atoms with Crippen molar-refractivity contribution in [1.82, 2.24) is 0 Å². The molecule has 9 nitrogen and oxygen atoms in total. The highest BCUT2D eigenvalue weighted by Crippen LogP contribution is 2.11. The number of carbonyl (C=O) groups is 4. The third kappa shape index (κ3) is 3.46. The molecule has 0 bridgehead atoms. The van der Waals surface area contributed by atoms with Crippen molar-refractivity contribution in [3.63, 3.8) is 0 Å². The first-order valence-electron chi connectivity index (χ1n) is 5.77. The summed E-state index contributed by atoms with van der Waals surface area (Å²) in [5, 5.41) is 3.99. The van der Waals surface area contributed by atoms with Gasteiger partial charge in [-0.1, -0.05) is 0 Å². The van der Waals surface area contributed by atoms with Gasteiger partial charge in [0.1, 0.15) is 0 Å². The monoisotopic (exact) mass is 308 g/mol. The molecule has 2 rings (SSSR count).